The molecule has 4 unspecified atom stereocenters. The molecule has 2 bridgehead atoms. The molecule has 2 N–H and O–H groups in total. The van der Waals surface area contributed by atoms with E-state index < -0.39 is 0 Å². The van der Waals surface area contributed by atoms with Gasteiger partial charge in [0.25, 0.3) is 0 Å². The number of pyridine rings is 1. The third kappa shape index (κ3) is 2.58. The smallest absolute Gasteiger partial charge is 0.243 e. The summed E-state index contributed by atoms with van der Waals surface area (Å²) in [5, 5.41) is 11.9. The number of hydrogen-bond donors (Lipinski definition) is 2. The zero-order valence-corrected chi connectivity index (χ0v) is 20.4. The van der Waals surface area contributed by atoms with Crippen molar-refractivity contribution >= 4 is 28.4 Å². The average Bonchev–Trinajstić information content (AvgIpc) is 3.06. The third-order valence-corrected chi connectivity index (χ3v) is 8.48. The van der Waals surface area contributed by atoms with Crippen LogP contribution in [0.25, 0.3) is 27.9 Å². The molecule has 7 rings (SSSR count). The molecule has 1 saturated heterocycles. The summed E-state index contributed by atoms with van der Waals surface area (Å²) >= 11 is 0. The summed E-state index contributed by atoms with van der Waals surface area (Å²) in [7, 11) is 4.19. The van der Waals surface area contributed by atoms with Gasteiger partial charge in [-0.05, 0) is 70.7 Å². The molecule has 2 saturated carbocycles. The van der Waals surface area contributed by atoms with E-state index in [1.54, 1.807) is 0 Å². The van der Waals surface area contributed by atoms with Crippen molar-refractivity contribution in [2.45, 2.75) is 51.2 Å². The Hall–Kier alpha value is -3.20. The summed E-state index contributed by atoms with van der Waals surface area (Å²) in [5.41, 5.74) is 5.12. The first-order valence-corrected chi connectivity index (χ1v) is 12.3. The van der Waals surface area contributed by atoms with Crippen LogP contribution in [-0.4, -0.2) is 66.3 Å². The number of rotatable bonds is 5. The van der Waals surface area contributed by atoms with Crippen LogP contribution in [-0.2, 0) is 0 Å². The minimum atomic E-state index is 0.291. The number of imidazole rings is 1. The lowest BCUT2D eigenvalue weighted by molar-refractivity contribution is 0.236. The molecule has 5 heterocycles. The predicted molar refractivity (Wildman–Crippen MR) is 133 cm³/mol. The summed E-state index contributed by atoms with van der Waals surface area (Å²) in [6.07, 6.45) is 4.61. The van der Waals surface area contributed by atoms with E-state index in [9.17, 15) is 0 Å². The van der Waals surface area contributed by atoms with Crippen molar-refractivity contribution in [1.29, 1.82) is 0 Å². The first kappa shape index (κ1) is 20.2. The van der Waals surface area contributed by atoms with Gasteiger partial charge in [-0.15, -0.1) is 5.10 Å². The fraction of sp³-hybridized carbons (Fsp3) is 0.520. The van der Waals surface area contributed by atoms with Crippen molar-refractivity contribution in [3.05, 3.63) is 30.2 Å². The van der Waals surface area contributed by atoms with Crippen molar-refractivity contribution in [2.75, 3.05) is 31.3 Å². The number of aryl methyl sites for hydroxylation is 1. The molecule has 34 heavy (non-hydrogen) atoms. The number of aromatic nitrogens is 6. The number of likely N-dealkylation sites (tertiary alicyclic amines) is 1. The van der Waals surface area contributed by atoms with Crippen LogP contribution >= 0.6 is 0 Å². The van der Waals surface area contributed by atoms with Crippen LogP contribution in [0.2, 0.25) is 0 Å². The van der Waals surface area contributed by atoms with Gasteiger partial charge in [-0.2, -0.15) is 4.98 Å². The van der Waals surface area contributed by atoms with Gasteiger partial charge in [0.1, 0.15) is 16.9 Å². The SMILES string of the molecule is CNc1nc(NC2C3CN(C)C4(C3)CC24)nn2ccc(-c3ccc4nc(C)n(C(C)C)c4n3)c12. The topological polar surface area (TPSA) is 88.2 Å². The second kappa shape index (κ2) is 6.69. The van der Waals surface area contributed by atoms with Crippen LogP contribution in [0.3, 0.4) is 0 Å². The second-order valence-electron chi connectivity index (χ2n) is 10.6. The van der Waals surface area contributed by atoms with Gasteiger partial charge in [0.2, 0.25) is 5.95 Å². The first-order chi connectivity index (χ1) is 16.4. The Morgan fingerprint density at radius 1 is 1.12 bits per heavy atom. The van der Waals surface area contributed by atoms with Crippen LogP contribution in [0.4, 0.5) is 11.8 Å². The Balaban J connectivity index is 1.27. The Kier molecular flexibility index (Phi) is 3.97. The Labute approximate surface area is 198 Å². The normalized spacial score (nSPS) is 27.8. The number of hydrogen-bond acceptors (Lipinski definition) is 7. The second-order valence-corrected chi connectivity index (χ2v) is 10.6. The van der Waals surface area contributed by atoms with Gasteiger partial charge in [-0.3, -0.25) is 4.90 Å². The Morgan fingerprint density at radius 2 is 1.97 bits per heavy atom. The molecule has 9 nitrogen and oxygen atoms in total. The quantitative estimate of drug-likeness (QED) is 0.474. The van der Waals surface area contributed by atoms with Crippen LogP contribution in [0.1, 0.15) is 38.6 Å². The molecule has 4 aromatic rings. The number of anilines is 2. The predicted octanol–water partition coefficient (Wildman–Crippen LogP) is 3.58. The lowest BCUT2D eigenvalue weighted by Gasteiger charge is -2.28. The fourth-order valence-corrected chi connectivity index (χ4v) is 6.92. The Morgan fingerprint density at radius 3 is 2.71 bits per heavy atom. The molecule has 4 atom stereocenters. The molecular weight excluding hydrogens is 426 g/mol. The van der Waals surface area contributed by atoms with Gasteiger partial charge in [-0.1, -0.05) is 0 Å². The highest BCUT2D eigenvalue weighted by molar-refractivity contribution is 5.89. The molecule has 3 fully saturated rings. The fourth-order valence-electron chi connectivity index (χ4n) is 6.92. The molecule has 0 amide bonds. The molecule has 1 aliphatic heterocycles. The molecule has 176 valence electrons. The molecule has 0 radical (unpaired) electrons. The maximum Gasteiger partial charge on any atom is 0.243 e. The van der Waals surface area contributed by atoms with Gasteiger partial charge < -0.3 is 15.2 Å². The molecule has 0 aromatic carbocycles. The van der Waals surface area contributed by atoms with E-state index in [-0.39, 0.29) is 0 Å². The summed E-state index contributed by atoms with van der Waals surface area (Å²) in [6, 6.07) is 6.93. The lowest BCUT2D eigenvalue weighted by atomic mass is 10.00. The van der Waals surface area contributed by atoms with Gasteiger partial charge in [-0.25, -0.2) is 14.5 Å². The summed E-state index contributed by atoms with van der Waals surface area (Å²) in [4.78, 5) is 17.2. The van der Waals surface area contributed by atoms with E-state index >= 15 is 0 Å². The minimum absolute atomic E-state index is 0.291. The zero-order chi connectivity index (χ0) is 23.4. The van der Waals surface area contributed by atoms with E-state index in [4.69, 9.17) is 20.1 Å². The van der Waals surface area contributed by atoms with Crippen molar-refractivity contribution in [3.63, 3.8) is 0 Å². The molecular formula is C25H31N9. The molecule has 4 aromatic heterocycles. The maximum atomic E-state index is 5.02. The van der Waals surface area contributed by atoms with Crippen molar-refractivity contribution in [3.8, 4) is 11.3 Å². The van der Waals surface area contributed by atoms with E-state index in [1.165, 1.54) is 19.4 Å². The molecule has 3 aliphatic rings. The molecule has 9 heteroatoms. The number of nitrogens with zero attached hydrogens (tertiary/aromatic N) is 7. The first-order valence-electron chi connectivity index (χ1n) is 12.3. The van der Waals surface area contributed by atoms with E-state index in [0.717, 1.165) is 45.5 Å². The monoisotopic (exact) mass is 457 g/mol. The zero-order valence-electron chi connectivity index (χ0n) is 20.4. The van der Waals surface area contributed by atoms with E-state index in [1.807, 2.05) is 30.8 Å². The van der Waals surface area contributed by atoms with Crippen molar-refractivity contribution < 1.29 is 0 Å². The highest BCUT2D eigenvalue weighted by Crippen LogP contribution is 2.65. The van der Waals surface area contributed by atoms with Gasteiger partial charge in [0.05, 0.1) is 5.69 Å². The van der Waals surface area contributed by atoms with Crippen molar-refractivity contribution in [2.24, 2.45) is 11.8 Å². The number of nitrogens with one attached hydrogen (secondary N) is 2. The average molecular weight is 458 g/mol. The minimum Gasteiger partial charge on any atom is -0.371 e. The van der Waals surface area contributed by atoms with Gasteiger partial charge in [0.15, 0.2) is 11.5 Å². The number of fused-ring (bicyclic) bond motifs is 3. The van der Waals surface area contributed by atoms with E-state index in [2.05, 4.69) is 53.1 Å². The largest absolute Gasteiger partial charge is 0.371 e. The van der Waals surface area contributed by atoms with Gasteiger partial charge >= 0.3 is 0 Å². The summed E-state index contributed by atoms with van der Waals surface area (Å²) < 4.78 is 4.11. The van der Waals surface area contributed by atoms with Crippen LogP contribution < -0.4 is 10.6 Å². The summed E-state index contributed by atoms with van der Waals surface area (Å²) in [5.74, 6) is 3.89. The maximum absolute atomic E-state index is 5.02. The third-order valence-electron chi connectivity index (χ3n) is 8.48. The molecule has 2 aliphatic carbocycles. The van der Waals surface area contributed by atoms with Gasteiger partial charge in [0, 0.05) is 43.0 Å². The standard InChI is InChI=1S/C25H31N9/c1-13(2)34-14(3)27-19-7-6-18(28-23(19)34)16-8-9-33-21(16)22(26-4)30-24(31-33)29-20-15-10-25(11-17(20)25)32(5)12-15/h6-9,13,15,17,20H,10-12H2,1-5H3,(H2,26,29,30,31). The van der Waals surface area contributed by atoms with Crippen LogP contribution in [0, 0.1) is 18.8 Å². The Bertz CT molecular complexity index is 1450. The van der Waals surface area contributed by atoms with Crippen molar-refractivity contribution in [1.82, 2.24) is 34.0 Å². The number of piperidine rings is 1. The van der Waals surface area contributed by atoms with E-state index in [0.29, 0.717) is 29.5 Å². The lowest BCUT2D eigenvalue weighted by Crippen LogP contribution is -2.40. The highest BCUT2D eigenvalue weighted by atomic mass is 15.4. The molecule has 1 spiro atoms. The van der Waals surface area contributed by atoms with Crippen LogP contribution in [0.5, 0.6) is 0 Å². The highest BCUT2D eigenvalue weighted by Gasteiger charge is 2.71. The van der Waals surface area contributed by atoms with Crippen LogP contribution in [0.15, 0.2) is 24.4 Å². The summed E-state index contributed by atoms with van der Waals surface area (Å²) in [6.45, 7) is 7.53.